The van der Waals surface area contributed by atoms with Crippen LogP contribution in [0.4, 0.5) is 0 Å². The summed E-state index contributed by atoms with van der Waals surface area (Å²) in [5.41, 5.74) is 2.13. The Morgan fingerprint density at radius 3 is 2.88 bits per heavy atom. The number of esters is 1. The molecule has 1 atom stereocenters. The van der Waals surface area contributed by atoms with Crippen molar-refractivity contribution in [1.82, 2.24) is 15.1 Å². The lowest BCUT2D eigenvalue weighted by Gasteiger charge is -2.31. The summed E-state index contributed by atoms with van der Waals surface area (Å²) in [4.78, 5) is 26.3. The van der Waals surface area contributed by atoms with E-state index in [9.17, 15) is 9.59 Å². The quantitative estimate of drug-likeness (QED) is 0.876. The number of amides is 1. The van der Waals surface area contributed by atoms with Gasteiger partial charge in [0.25, 0.3) is 5.91 Å². The van der Waals surface area contributed by atoms with Crippen molar-refractivity contribution < 1.29 is 14.3 Å². The lowest BCUT2D eigenvalue weighted by atomic mass is 9.98. The van der Waals surface area contributed by atoms with E-state index < -0.39 is 0 Å². The second kappa shape index (κ2) is 7.29. The van der Waals surface area contributed by atoms with Gasteiger partial charge in [0.05, 0.1) is 18.2 Å². The van der Waals surface area contributed by atoms with Crippen LogP contribution in [0.1, 0.15) is 30.3 Å². The van der Waals surface area contributed by atoms with Crippen LogP contribution >= 0.6 is 0 Å². The summed E-state index contributed by atoms with van der Waals surface area (Å²) in [6, 6.07) is 11.4. The molecule has 6 heteroatoms. The van der Waals surface area contributed by atoms with E-state index in [0.29, 0.717) is 25.4 Å². The number of rotatable bonds is 4. The molecular formula is C18H21N3O3. The van der Waals surface area contributed by atoms with Gasteiger partial charge in [0.2, 0.25) is 0 Å². The fourth-order valence-electron chi connectivity index (χ4n) is 2.97. The molecule has 2 heterocycles. The molecule has 24 heavy (non-hydrogen) atoms. The topological polar surface area (TPSA) is 75.3 Å². The highest BCUT2D eigenvalue weighted by Crippen LogP contribution is 2.21. The number of carbonyl (C=O) groups excluding carboxylic acids is 2. The van der Waals surface area contributed by atoms with Crippen LogP contribution in [0.3, 0.4) is 0 Å². The number of nitrogens with zero attached hydrogens (tertiary/aromatic N) is 2. The third-order valence-corrected chi connectivity index (χ3v) is 4.21. The fraction of sp³-hybridized carbons (Fsp3) is 0.389. The van der Waals surface area contributed by atoms with Gasteiger partial charge < -0.3 is 9.64 Å². The minimum atomic E-state index is -0.237. The van der Waals surface area contributed by atoms with Gasteiger partial charge in [0.15, 0.2) is 0 Å². The Morgan fingerprint density at radius 2 is 2.12 bits per heavy atom. The Labute approximate surface area is 140 Å². The lowest BCUT2D eigenvalue weighted by Crippen LogP contribution is -2.43. The average Bonchev–Trinajstić information content (AvgIpc) is 3.12. The number of benzene rings is 1. The second-order valence-corrected chi connectivity index (χ2v) is 5.88. The first kappa shape index (κ1) is 16.2. The van der Waals surface area contributed by atoms with Crippen molar-refractivity contribution in [1.29, 1.82) is 0 Å². The summed E-state index contributed by atoms with van der Waals surface area (Å²) in [5.74, 6) is -0.581. The largest absolute Gasteiger partial charge is 0.466 e. The summed E-state index contributed by atoms with van der Waals surface area (Å²) in [6.45, 7) is 3.20. The van der Waals surface area contributed by atoms with Gasteiger partial charge in [-0.1, -0.05) is 30.3 Å². The molecule has 3 rings (SSSR count). The van der Waals surface area contributed by atoms with Crippen molar-refractivity contribution in [3.63, 3.8) is 0 Å². The molecule has 1 unspecified atom stereocenters. The molecule has 1 saturated heterocycles. The second-order valence-electron chi connectivity index (χ2n) is 5.88. The molecule has 1 aliphatic rings. The van der Waals surface area contributed by atoms with Crippen LogP contribution in [0.25, 0.3) is 11.3 Å². The molecule has 0 bridgehead atoms. The van der Waals surface area contributed by atoms with Gasteiger partial charge in [-0.3, -0.25) is 14.7 Å². The zero-order chi connectivity index (χ0) is 16.9. The predicted octanol–water partition coefficient (Wildman–Crippen LogP) is 2.49. The van der Waals surface area contributed by atoms with Crippen molar-refractivity contribution in [2.75, 3.05) is 19.7 Å². The van der Waals surface area contributed by atoms with Crippen LogP contribution in [-0.4, -0.2) is 46.7 Å². The molecule has 1 aliphatic heterocycles. The third kappa shape index (κ3) is 3.48. The molecule has 1 aromatic carbocycles. The van der Waals surface area contributed by atoms with Gasteiger partial charge >= 0.3 is 5.97 Å². The Hall–Kier alpha value is -2.63. The van der Waals surface area contributed by atoms with Gasteiger partial charge in [0, 0.05) is 18.7 Å². The number of hydrogen-bond acceptors (Lipinski definition) is 4. The molecule has 1 N–H and O–H groups in total. The fourth-order valence-corrected chi connectivity index (χ4v) is 2.97. The van der Waals surface area contributed by atoms with E-state index in [0.717, 1.165) is 24.1 Å². The summed E-state index contributed by atoms with van der Waals surface area (Å²) in [7, 11) is 0. The standard InChI is InChI=1S/C18H21N3O3/c1-2-24-18(23)14-9-6-10-21(12-14)17(22)16-11-15(19-20-16)13-7-4-3-5-8-13/h3-5,7-8,11,14H,2,6,9-10,12H2,1H3,(H,19,20). The molecule has 0 saturated carbocycles. The number of hydrogen-bond donors (Lipinski definition) is 1. The molecule has 1 fully saturated rings. The van der Waals surface area contributed by atoms with Gasteiger partial charge in [0.1, 0.15) is 5.69 Å². The highest BCUT2D eigenvalue weighted by atomic mass is 16.5. The molecule has 0 radical (unpaired) electrons. The van der Waals surface area contributed by atoms with Gasteiger partial charge in [-0.25, -0.2) is 0 Å². The number of aromatic nitrogens is 2. The van der Waals surface area contributed by atoms with E-state index in [2.05, 4.69) is 10.2 Å². The molecule has 126 valence electrons. The van der Waals surface area contributed by atoms with Crippen LogP contribution in [0.2, 0.25) is 0 Å². The van der Waals surface area contributed by atoms with Crippen molar-refractivity contribution in [3.8, 4) is 11.3 Å². The molecule has 6 nitrogen and oxygen atoms in total. The zero-order valence-electron chi connectivity index (χ0n) is 13.7. The predicted molar refractivity (Wildman–Crippen MR) is 89.3 cm³/mol. The van der Waals surface area contributed by atoms with Crippen LogP contribution < -0.4 is 0 Å². The molecule has 0 aliphatic carbocycles. The van der Waals surface area contributed by atoms with E-state index in [4.69, 9.17) is 4.74 Å². The Kier molecular flexibility index (Phi) is 4.93. The maximum absolute atomic E-state index is 12.7. The SMILES string of the molecule is CCOC(=O)C1CCCN(C(=O)c2cc(-c3ccccc3)n[nH]2)C1. The maximum Gasteiger partial charge on any atom is 0.310 e. The van der Waals surface area contributed by atoms with Crippen LogP contribution in [0.15, 0.2) is 36.4 Å². The van der Waals surface area contributed by atoms with E-state index in [-0.39, 0.29) is 17.8 Å². The summed E-state index contributed by atoms with van der Waals surface area (Å²) >= 11 is 0. The molecular weight excluding hydrogens is 306 g/mol. The molecule has 2 aromatic rings. The zero-order valence-corrected chi connectivity index (χ0v) is 13.7. The highest BCUT2D eigenvalue weighted by Gasteiger charge is 2.30. The monoisotopic (exact) mass is 327 g/mol. The van der Waals surface area contributed by atoms with Gasteiger partial charge in [-0.2, -0.15) is 5.10 Å². The molecule has 1 amide bonds. The number of carbonyl (C=O) groups is 2. The number of aromatic amines is 1. The summed E-state index contributed by atoms with van der Waals surface area (Å²) in [5, 5.41) is 7.03. The van der Waals surface area contributed by atoms with Gasteiger partial charge in [-0.15, -0.1) is 0 Å². The highest BCUT2D eigenvalue weighted by molar-refractivity contribution is 5.93. The summed E-state index contributed by atoms with van der Waals surface area (Å²) < 4.78 is 5.08. The maximum atomic E-state index is 12.7. The van der Waals surface area contributed by atoms with Crippen molar-refractivity contribution in [2.24, 2.45) is 5.92 Å². The Bertz CT molecular complexity index is 711. The smallest absolute Gasteiger partial charge is 0.310 e. The minimum Gasteiger partial charge on any atom is -0.466 e. The van der Waals surface area contributed by atoms with E-state index in [1.165, 1.54) is 0 Å². The molecule has 1 aromatic heterocycles. The Morgan fingerprint density at radius 1 is 1.33 bits per heavy atom. The van der Waals surface area contributed by atoms with Crippen LogP contribution in [0, 0.1) is 5.92 Å². The number of ether oxygens (including phenoxy) is 1. The Balaban J connectivity index is 1.70. The summed E-state index contributed by atoms with van der Waals surface area (Å²) in [6.07, 6.45) is 1.57. The third-order valence-electron chi connectivity index (χ3n) is 4.21. The number of likely N-dealkylation sites (tertiary alicyclic amines) is 1. The van der Waals surface area contributed by atoms with E-state index in [1.54, 1.807) is 17.9 Å². The van der Waals surface area contributed by atoms with Crippen LogP contribution in [0.5, 0.6) is 0 Å². The van der Waals surface area contributed by atoms with E-state index >= 15 is 0 Å². The number of nitrogens with one attached hydrogen (secondary N) is 1. The van der Waals surface area contributed by atoms with E-state index in [1.807, 2.05) is 30.3 Å². The first-order valence-electron chi connectivity index (χ1n) is 8.25. The normalized spacial score (nSPS) is 17.5. The first-order valence-corrected chi connectivity index (χ1v) is 8.25. The van der Waals surface area contributed by atoms with Crippen LogP contribution in [-0.2, 0) is 9.53 Å². The van der Waals surface area contributed by atoms with Crippen molar-refractivity contribution >= 4 is 11.9 Å². The number of piperidine rings is 1. The van der Waals surface area contributed by atoms with Crippen molar-refractivity contribution in [2.45, 2.75) is 19.8 Å². The number of H-pyrrole nitrogens is 1. The average molecular weight is 327 g/mol. The first-order chi connectivity index (χ1) is 11.7. The lowest BCUT2D eigenvalue weighted by molar-refractivity contribution is -0.149. The van der Waals surface area contributed by atoms with Crippen molar-refractivity contribution in [3.05, 3.63) is 42.1 Å². The van der Waals surface area contributed by atoms with Gasteiger partial charge in [-0.05, 0) is 25.8 Å². The molecule has 0 spiro atoms. The minimum absolute atomic E-state index is 0.126.